The number of thiophene rings is 1. The summed E-state index contributed by atoms with van der Waals surface area (Å²) in [4.78, 5) is 12.1. The maximum Gasteiger partial charge on any atom is 0.345 e. The number of carboxylic acid groups (broad SMARTS) is 1. The second-order valence-corrected chi connectivity index (χ2v) is 4.62. The molecule has 0 fully saturated rings. The van der Waals surface area contributed by atoms with Crippen LogP contribution < -0.4 is 5.73 Å². The van der Waals surface area contributed by atoms with Crippen molar-refractivity contribution in [1.82, 2.24) is 0 Å². The first-order valence-electron chi connectivity index (χ1n) is 4.65. The second kappa shape index (κ2) is 5.12. The van der Waals surface area contributed by atoms with Gasteiger partial charge in [-0.15, -0.1) is 11.3 Å². The summed E-state index contributed by atoms with van der Waals surface area (Å²) in [6.07, 6.45) is 1.95. The lowest BCUT2D eigenvalue weighted by atomic mass is 10.1. The Morgan fingerprint density at radius 2 is 2.36 bits per heavy atom. The molecule has 0 spiro atoms. The fourth-order valence-electron chi connectivity index (χ4n) is 1.13. The van der Waals surface area contributed by atoms with E-state index in [9.17, 15) is 4.79 Å². The van der Waals surface area contributed by atoms with Crippen LogP contribution in [-0.2, 0) is 6.42 Å². The third-order valence-electron chi connectivity index (χ3n) is 2.16. The van der Waals surface area contributed by atoms with Gasteiger partial charge in [0.1, 0.15) is 4.88 Å². The molecule has 0 bridgehead atoms. The highest BCUT2D eigenvalue weighted by Crippen LogP contribution is 2.19. The van der Waals surface area contributed by atoms with Crippen LogP contribution in [0.15, 0.2) is 12.1 Å². The maximum atomic E-state index is 10.6. The Kier molecular flexibility index (Phi) is 4.10. The van der Waals surface area contributed by atoms with Crippen LogP contribution in [0.25, 0.3) is 0 Å². The Morgan fingerprint density at radius 3 is 2.86 bits per heavy atom. The first-order chi connectivity index (χ1) is 6.63. The summed E-state index contributed by atoms with van der Waals surface area (Å²) < 4.78 is 0. The molecule has 0 aromatic carbocycles. The molecule has 0 saturated heterocycles. The Morgan fingerprint density at radius 1 is 1.64 bits per heavy atom. The van der Waals surface area contributed by atoms with Gasteiger partial charge in [-0.1, -0.05) is 6.92 Å². The minimum atomic E-state index is -0.840. The van der Waals surface area contributed by atoms with Crippen molar-refractivity contribution < 1.29 is 9.90 Å². The van der Waals surface area contributed by atoms with Crippen molar-refractivity contribution in [2.45, 2.75) is 19.8 Å². The number of nitrogens with two attached hydrogens (primary N) is 1. The summed E-state index contributed by atoms with van der Waals surface area (Å²) in [6, 6.07) is 3.55. The Labute approximate surface area is 87.6 Å². The molecular formula is C10H15NO2S. The summed E-state index contributed by atoms with van der Waals surface area (Å²) in [5.41, 5.74) is 5.50. The zero-order valence-electron chi connectivity index (χ0n) is 8.19. The van der Waals surface area contributed by atoms with Gasteiger partial charge in [-0.25, -0.2) is 4.79 Å². The van der Waals surface area contributed by atoms with Crippen molar-refractivity contribution in [3.8, 4) is 0 Å². The van der Waals surface area contributed by atoms with Gasteiger partial charge in [0.2, 0.25) is 0 Å². The van der Waals surface area contributed by atoms with E-state index in [-0.39, 0.29) is 0 Å². The molecule has 1 aromatic rings. The quantitative estimate of drug-likeness (QED) is 0.786. The van der Waals surface area contributed by atoms with Crippen molar-refractivity contribution in [2.75, 3.05) is 6.54 Å². The average molecular weight is 213 g/mol. The van der Waals surface area contributed by atoms with Gasteiger partial charge in [0.25, 0.3) is 0 Å². The maximum absolute atomic E-state index is 10.6. The van der Waals surface area contributed by atoms with E-state index in [0.29, 0.717) is 17.3 Å². The van der Waals surface area contributed by atoms with E-state index in [1.165, 1.54) is 11.3 Å². The van der Waals surface area contributed by atoms with Gasteiger partial charge in [0.15, 0.2) is 0 Å². The topological polar surface area (TPSA) is 63.3 Å². The van der Waals surface area contributed by atoms with E-state index in [0.717, 1.165) is 17.7 Å². The molecule has 1 rings (SSSR count). The van der Waals surface area contributed by atoms with Crippen LogP contribution in [0.3, 0.4) is 0 Å². The largest absolute Gasteiger partial charge is 0.477 e. The van der Waals surface area contributed by atoms with Crippen LogP contribution in [0, 0.1) is 5.92 Å². The highest BCUT2D eigenvalue weighted by Gasteiger charge is 2.07. The smallest absolute Gasteiger partial charge is 0.345 e. The van der Waals surface area contributed by atoms with Crippen molar-refractivity contribution in [3.05, 3.63) is 21.9 Å². The molecule has 14 heavy (non-hydrogen) atoms. The highest BCUT2D eigenvalue weighted by molar-refractivity contribution is 7.13. The number of aryl methyl sites for hydroxylation is 1. The fourth-order valence-corrected chi connectivity index (χ4v) is 2.00. The molecular weight excluding hydrogens is 198 g/mol. The number of rotatable bonds is 5. The first-order valence-corrected chi connectivity index (χ1v) is 5.47. The van der Waals surface area contributed by atoms with Crippen LogP contribution in [0.2, 0.25) is 0 Å². The lowest BCUT2D eigenvalue weighted by Gasteiger charge is -2.05. The van der Waals surface area contributed by atoms with Crippen LogP contribution in [-0.4, -0.2) is 17.6 Å². The molecule has 3 nitrogen and oxygen atoms in total. The molecule has 78 valence electrons. The predicted octanol–water partition coefficient (Wildman–Crippen LogP) is 1.97. The second-order valence-electron chi connectivity index (χ2n) is 3.45. The van der Waals surface area contributed by atoms with Crippen molar-refractivity contribution in [2.24, 2.45) is 11.7 Å². The van der Waals surface area contributed by atoms with Gasteiger partial charge in [-0.3, -0.25) is 0 Å². The van der Waals surface area contributed by atoms with Gasteiger partial charge < -0.3 is 10.8 Å². The number of hydrogen-bond acceptors (Lipinski definition) is 3. The molecule has 1 heterocycles. The van der Waals surface area contributed by atoms with E-state index in [4.69, 9.17) is 10.8 Å². The lowest BCUT2D eigenvalue weighted by Crippen LogP contribution is -2.10. The van der Waals surface area contributed by atoms with Crippen LogP contribution >= 0.6 is 11.3 Å². The van der Waals surface area contributed by atoms with E-state index >= 15 is 0 Å². The molecule has 0 aliphatic heterocycles. The molecule has 3 N–H and O–H groups in total. The lowest BCUT2D eigenvalue weighted by molar-refractivity contribution is 0.0702. The van der Waals surface area contributed by atoms with Crippen LogP contribution in [0.4, 0.5) is 0 Å². The van der Waals surface area contributed by atoms with E-state index in [1.54, 1.807) is 6.07 Å². The predicted molar refractivity (Wildman–Crippen MR) is 57.8 cm³/mol. The number of aromatic carboxylic acids is 1. The van der Waals surface area contributed by atoms with Gasteiger partial charge in [0.05, 0.1) is 0 Å². The summed E-state index contributed by atoms with van der Waals surface area (Å²) in [6.45, 7) is 2.79. The van der Waals surface area contributed by atoms with Crippen molar-refractivity contribution >= 4 is 17.3 Å². The molecule has 0 amide bonds. The molecule has 1 aromatic heterocycles. The fraction of sp³-hybridized carbons (Fsp3) is 0.500. The molecule has 0 aliphatic rings. The summed E-state index contributed by atoms with van der Waals surface area (Å²) in [5, 5.41) is 8.71. The third-order valence-corrected chi connectivity index (χ3v) is 3.29. The first kappa shape index (κ1) is 11.2. The number of carbonyl (C=O) groups is 1. The molecule has 0 radical (unpaired) electrons. The van der Waals surface area contributed by atoms with Gasteiger partial charge in [-0.2, -0.15) is 0 Å². The standard InChI is InChI=1S/C10H15NO2S/c1-7(6-11)2-3-8-4-5-9(14-8)10(12)13/h4-5,7H,2-3,6,11H2,1H3,(H,12,13). The molecule has 4 heteroatoms. The summed E-state index contributed by atoms with van der Waals surface area (Å²) in [5.74, 6) is -0.335. The summed E-state index contributed by atoms with van der Waals surface area (Å²) in [7, 11) is 0. The van der Waals surface area contributed by atoms with Crippen LogP contribution in [0.1, 0.15) is 27.9 Å². The zero-order valence-corrected chi connectivity index (χ0v) is 9.01. The molecule has 0 aliphatic carbocycles. The monoisotopic (exact) mass is 213 g/mol. The van der Waals surface area contributed by atoms with Gasteiger partial charge >= 0.3 is 5.97 Å². The Hall–Kier alpha value is -0.870. The van der Waals surface area contributed by atoms with Crippen LogP contribution in [0.5, 0.6) is 0 Å². The summed E-state index contributed by atoms with van der Waals surface area (Å²) >= 11 is 1.35. The van der Waals surface area contributed by atoms with E-state index < -0.39 is 5.97 Å². The minimum Gasteiger partial charge on any atom is -0.477 e. The van der Waals surface area contributed by atoms with Gasteiger partial charge in [-0.05, 0) is 37.4 Å². The van der Waals surface area contributed by atoms with Crippen molar-refractivity contribution in [3.63, 3.8) is 0 Å². The number of hydrogen-bond donors (Lipinski definition) is 2. The highest BCUT2D eigenvalue weighted by atomic mass is 32.1. The molecule has 0 saturated carbocycles. The van der Waals surface area contributed by atoms with Gasteiger partial charge in [0, 0.05) is 4.88 Å². The zero-order chi connectivity index (χ0) is 10.6. The SMILES string of the molecule is CC(CN)CCc1ccc(C(=O)O)s1. The van der Waals surface area contributed by atoms with Crippen molar-refractivity contribution in [1.29, 1.82) is 0 Å². The minimum absolute atomic E-state index is 0.417. The third kappa shape index (κ3) is 3.12. The average Bonchev–Trinajstić information content (AvgIpc) is 2.62. The molecule has 1 unspecified atom stereocenters. The van der Waals surface area contributed by atoms with E-state index in [1.807, 2.05) is 6.07 Å². The van der Waals surface area contributed by atoms with E-state index in [2.05, 4.69) is 6.92 Å². The number of carboxylic acids is 1. The Balaban J connectivity index is 2.48. The normalized spacial score (nSPS) is 12.7. The molecule has 1 atom stereocenters. The Bertz CT molecular complexity index is 309.